The quantitative estimate of drug-likeness (QED) is 0.629. The SMILES string of the molecule is CCCNC(CCN(C)CC(C)C)C(=O)O. The van der Waals surface area contributed by atoms with Gasteiger partial charge in [-0.05, 0) is 38.9 Å². The molecule has 0 rings (SSSR count). The zero-order valence-electron chi connectivity index (χ0n) is 11.0. The van der Waals surface area contributed by atoms with E-state index < -0.39 is 12.0 Å². The maximum absolute atomic E-state index is 11.0. The van der Waals surface area contributed by atoms with E-state index in [1.54, 1.807) is 0 Å². The second-order valence-corrected chi connectivity index (χ2v) is 4.79. The molecule has 0 fully saturated rings. The molecule has 0 aromatic heterocycles. The molecule has 2 N–H and O–H groups in total. The molecule has 16 heavy (non-hydrogen) atoms. The fourth-order valence-electron chi connectivity index (χ4n) is 1.70. The number of nitrogens with one attached hydrogen (secondary N) is 1. The summed E-state index contributed by atoms with van der Waals surface area (Å²) in [5, 5.41) is 12.1. The lowest BCUT2D eigenvalue weighted by Gasteiger charge is -2.21. The Hall–Kier alpha value is -0.610. The Kier molecular flexibility index (Phi) is 8.21. The molecule has 0 aromatic rings. The third-order valence-corrected chi connectivity index (χ3v) is 2.42. The normalized spacial score (nSPS) is 13.4. The monoisotopic (exact) mass is 230 g/mol. The van der Waals surface area contributed by atoms with Gasteiger partial charge in [-0.1, -0.05) is 20.8 Å². The lowest BCUT2D eigenvalue weighted by atomic mass is 10.1. The average Bonchev–Trinajstić information content (AvgIpc) is 2.16. The molecule has 0 spiro atoms. The van der Waals surface area contributed by atoms with Crippen LogP contribution in [0.4, 0.5) is 0 Å². The summed E-state index contributed by atoms with van der Waals surface area (Å²) in [6.45, 7) is 8.98. The average molecular weight is 230 g/mol. The Bertz CT molecular complexity index is 195. The summed E-state index contributed by atoms with van der Waals surface area (Å²) in [6, 6.07) is -0.408. The van der Waals surface area contributed by atoms with Gasteiger partial charge in [0.1, 0.15) is 6.04 Å². The largest absolute Gasteiger partial charge is 0.480 e. The topological polar surface area (TPSA) is 52.6 Å². The first-order valence-electron chi connectivity index (χ1n) is 6.12. The Morgan fingerprint density at radius 3 is 2.50 bits per heavy atom. The summed E-state index contributed by atoms with van der Waals surface area (Å²) >= 11 is 0. The van der Waals surface area contributed by atoms with E-state index in [-0.39, 0.29) is 0 Å². The zero-order chi connectivity index (χ0) is 12.6. The maximum Gasteiger partial charge on any atom is 0.320 e. The third-order valence-electron chi connectivity index (χ3n) is 2.42. The summed E-state index contributed by atoms with van der Waals surface area (Å²) in [4.78, 5) is 13.1. The third kappa shape index (κ3) is 7.65. The van der Waals surface area contributed by atoms with Crippen LogP contribution in [0.1, 0.15) is 33.6 Å². The van der Waals surface area contributed by atoms with E-state index in [1.807, 2.05) is 14.0 Å². The highest BCUT2D eigenvalue weighted by atomic mass is 16.4. The van der Waals surface area contributed by atoms with Gasteiger partial charge in [-0.25, -0.2) is 0 Å². The van der Waals surface area contributed by atoms with Crippen molar-refractivity contribution in [3.8, 4) is 0 Å². The van der Waals surface area contributed by atoms with Gasteiger partial charge < -0.3 is 15.3 Å². The van der Waals surface area contributed by atoms with Gasteiger partial charge >= 0.3 is 5.97 Å². The van der Waals surface area contributed by atoms with Gasteiger partial charge in [-0.2, -0.15) is 0 Å². The smallest absolute Gasteiger partial charge is 0.320 e. The summed E-state index contributed by atoms with van der Waals surface area (Å²) in [5.41, 5.74) is 0. The number of hydrogen-bond acceptors (Lipinski definition) is 3. The molecule has 0 aromatic carbocycles. The van der Waals surface area contributed by atoms with Crippen molar-refractivity contribution in [1.29, 1.82) is 0 Å². The Morgan fingerprint density at radius 1 is 1.44 bits per heavy atom. The Labute approximate surface area is 99.0 Å². The number of nitrogens with zero attached hydrogens (tertiary/aromatic N) is 1. The minimum absolute atomic E-state index is 0.408. The van der Waals surface area contributed by atoms with Crippen LogP contribution in [-0.2, 0) is 4.79 Å². The molecule has 0 aliphatic heterocycles. The number of carboxylic acids is 1. The van der Waals surface area contributed by atoms with Crippen LogP contribution in [-0.4, -0.2) is 48.7 Å². The molecule has 4 heteroatoms. The van der Waals surface area contributed by atoms with Gasteiger partial charge in [0.05, 0.1) is 0 Å². The van der Waals surface area contributed by atoms with E-state index in [0.29, 0.717) is 12.3 Å². The fraction of sp³-hybridized carbons (Fsp3) is 0.917. The lowest BCUT2D eigenvalue weighted by Crippen LogP contribution is -2.40. The van der Waals surface area contributed by atoms with E-state index in [0.717, 1.165) is 26.1 Å². The van der Waals surface area contributed by atoms with Gasteiger partial charge in [-0.15, -0.1) is 0 Å². The lowest BCUT2D eigenvalue weighted by molar-refractivity contribution is -0.139. The van der Waals surface area contributed by atoms with E-state index in [2.05, 4.69) is 24.1 Å². The summed E-state index contributed by atoms with van der Waals surface area (Å²) in [7, 11) is 2.04. The van der Waals surface area contributed by atoms with Gasteiger partial charge in [-0.3, -0.25) is 4.79 Å². The fourth-order valence-corrected chi connectivity index (χ4v) is 1.70. The van der Waals surface area contributed by atoms with E-state index in [4.69, 9.17) is 5.11 Å². The van der Waals surface area contributed by atoms with Crippen LogP contribution in [0.25, 0.3) is 0 Å². The van der Waals surface area contributed by atoms with E-state index >= 15 is 0 Å². The molecule has 0 saturated carbocycles. The van der Waals surface area contributed by atoms with Crippen molar-refractivity contribution in [1.82, 2.24) is 10.2 Å². The van der Waals surface area contributed by atoms with Gasteiger partial charge in [0, 0.05) is 6.54 Å². The van der Waals surface area contributed by atoms with Crippen molar-refractivity contribution in [3.05, 3.63) is 0 Å². The number of rotatable bonds is 9. The molecular formula is C12H26N2O2. The molecule has 1 unspecified atom stereocenters. The van der Waals surface area contributed by atoms with Crippen LogP contribution in [0.15, 0.2) is 0 Å². The van der Waals surface area contributed by atoms with Crippen LogP contribution < -0.4 is 5.32 Å². The number of aliphatic carboxylic acids is 1. The van der Waals surface area contributed by atoms with Crippen molar-refractivity contribution < 1.29 is 9.90 Å². The van der Waals surface area contributed by atoms with Gasteiger partial charge in [0.2, 0.25) is 0 Å². The zero-order valence-corrected chi connectivity index (χ0v) is 11.0. The molecule has 0 bridgehead atoms. The first kappa shape index (κ1) is 15.4. The minimum Gasteiger partial charge on any atom is -0.480 e. The molecule has 0 saturated heterocycles. The highest BCUT2D eigenvalue weighted by Gasteiger charge is 2.16. The predicted molar refractivity (Wildman–Crippen MR) is 66.7 cm³/mol. The van der Waals surface area contributed by atoms with Crippen LogP contribution in [0.3, 0.4) is 0 Å². The van der Waals surface area contributed by atoms with Crippen LogP contribution >= 0.6 is 0 Å². The van der Waals surface area contributed by atoms with E-state index in [9.17, 15) is 4.79 Å². The number of hydrogen-bond donors (Lipinski definition) is 2. The van der Waals surface area contributed by atoms with Crippen molar-refractivity contribution in [2.24, 2.45) is 5.92 Å². The summed E-state index contributed by atoms with van der Waals surface area (Å²) in [6.07, 6.45) is 1.63. The summed E-state index contributed by atoms with van der Waals surface area (Å²) in [5.74, 6) is -0.122. The molecule has 96 valence electrons. The minimum atomic E-state index is -0.744. The van der Waals surface area contributed by atoms with Gasteiger partial charge in [0.25, 0.3) is 0 Å². The molecule has 0 heterocycles. The first-order valence-corrected chi connectivity index (χ1v) is 6.12. The Morgan fingerprint density at radius 2 is 2.06 bits per heavy atom. The Balaban J connectivity index is 3.87. The molecule has 4 nitrogen and oxygen atoms in total. The van der Waals surface area contributed by atoms with Crippen molar-refractivity contribution >= 4 is 5.97 Å². The van der Waals surface area contributed by atoms with Crippen LogP contribution in [0.5, 0.6) is 0 Å². The van der Waals surface area contributed by atoms with Crippen molar-refractivity contribution in [2.45, 2.75) is 39.7 Å². The molecule has 0 aliphatic carbocycles. The molecule has 0 aliphatic rings. The maximum atomic E-state index is 11.0. The van der Waals surface area contributed by atoms with Crippen LogP contribution in [0.2, 0.25) is 0 Å². The van der Waals surface area contributed by atoms with Gasteiger partial charge in [0.15, 0.2) is 0 Å². The standard InChI is InChI=1S/C12H26N2O2/c1-5-7-13-11(12(15)16)6-8-14(4)9-10(2)3/h10-11,13H,5-9H2,1-4H3,(H,15,16). The molecular weight excluding hydrogens is 204 g/mol. The van der Waals surface area contributed by atoms with Crippen molar-refractivity contribution in [3.63, 3.8) is 0 Å². The highest BCUT2D eigenvalue weighted by Crippen LogP contribution is 2.00. The predicted octanol–water partition coefficient (Wildman–Crippen LogP) is 1.42. The second kappa shape index (κ2) is 8.53. The highest BCUT2D eigenvalue weighted by molar-refractivity contribution is 5.73. The first-order chi connectivity index (χ1) is 7.47. The van der Waals surface area contributed by atoms with Crippen molar-refractivity contribution in [2.75, 3.05) is 26.7 Å². The molecule has 1 atom stereocenters. The molecule has 0 amide bonds. The second-order valence-electron chi connectivity index (χ2n) is 4.79. The molecule has 0 radical (unpaired) electrons. The van der Waals surface area contributed by atoms with E-state index in [1.165, 1.54) is 0 Å². The van der Waals surface area contributed by atoms with Crippen LogP contribution in [0, 0.1) is 5.92 Å². The summed E-state index contributed by atoms with van der Waals surface area (Å²) < 4.78 is 0. The number of carbonyl (C=O) groups is 1. The number of carboxylic acid groups (broad SMARTS) is 1.